The topological polar surface area (TPSA) is 72.4 Å². The van der Waals surface area contributed by atoms with Crippen LogP contribution in [0.4, 0.5) is 0 Å². The summed E-state index contributed by atoms with van der Waals surface area (Å²) in [4.78, 5) is 19.2. The molecule has 0 aromatic carbocycles. The van der Waals surface area contributed by atoms with Gasteiger partial charge in [-0.25, -0.2) is 0 Å². The molecule has 0 aliphatic rings. The molecule has 0 bridgehead atoms. The van der Waals surface area contributed by atoms with Crippen molar-refractivity contribution in [1.29, 1.82) is 0 Å². The quantitative estimate of drug-likeness (QED) is 0.242. The number of hydrogen-bond donors (Lipinski definition) is 0. The fourth-order valence-electron chi connectivity index (χ4n) is 0.135. The molecule has 0 fully saturated rings. The number of hydrogen-bond acceptors (Lipinski definition) is 4. The van der Waals surface area contributed by atoms with Crippen LogP contribution in [0.5, 0.6) is 0 Å². The van der Waals surface area contributed by atoms with Crippen LogP contribution in [0.25, 0.3) is 0 Å². The molecule has 0 aromatic rings. The Balaban J connectivity index is -0.000000245. The van der Waals surface area contributed by atoms with E-state index in [1.807, 2.05) is 0 Å². The van der Waals surface area contributed by atoms with Crippen molar-refractivity contribution >= 4 is 7.82 Å². The monoisotopic (exact) mass is 182 g/mol. The van der Waals surface area contributed by atoms with Crippen LogP contribution in [0.2, 0.25) is 0 Å². The number of phosphoric acid groups is 1. The van der Waals surface area contributed by atoms with Gasteiger partial charge in [-0.2, -0.15) is 0 Å². The molecule has 0 atom stereocenters. The molecule has 0 radical (unpaired) electrons. The van der Waals surface area contributed by atoms with Crippen molar-refractivity contribution < 1.29 is 78.0 Å². The predicted octanol–water partition coefficient (Wildman–Crippen LogP) is -6.63. The largest absolute Gasteiger partial charge is 1.00 e. The van der Waals surface area contributed by atoms with E-state index in [0.29, 0.717) is 0 Å². The third-order valence-electron chi connectivity index (χ3n) is 0.326. The van der Waals surface area contributed by atoms with Crippen LogP contribution in [-0.4, -0.2) is 0 Å². The zero-order valence-corrected chi connectivity index (χ0v) is 11.1. The SMILES string of the molecule is C/C=C/OP(=O)([O-])[O-].[Na+].[Na+]. The van der Waals surface area contributed by atoms with E-state index < -0.39 is 7.82 Å². The Bertz CT molecular complexity index is 130. The molecule has 7 heteroatoms. The predicted molar refractivity (Wildman–Crippen MR) is 23.5 cm³/mol. The van der Waals surface area contributed by atoms with Crippen molar-refractivity contribution in [3.63, 3.8) is 0 Å². The van der Waals surface area contributed by atoms with Gasteiger partial charge in [0.1, 0.15) is 7.82 Å². The normalized spacial score (nSPS) is 9.90. The first kappa shape index (κ1) is 17.7. The molecule has 0 spiro atoms. The second-order valence-electron chi connectivity index (χ2n) is 1.02. The summed E-state index contributed by atoms with van der Waals surface area (Å²) in [5.41, 5.74) is 0. The first-order valence-electron chi connectivity index (χ1n) is 1.88. The molecule has 0 saturated heterocycles. The summed E-state index contributed by atoms with van der Waals surface area (Å²) in [6.45, 7) is 1.54. The Hall–Kier alpha value is 1.69. The second kappa shape index (κ2) is 8.78. The molecule has 0 rings (SSSR count). The van der Waals surface area contributed by atoms with E-state index in [4.69, 9.17) is 0 Å². The average Bonchev–Trinajstić information content (AvgIpc) is 1.59. The molecular weight excluding hydrogens is 177 g/mol. The maximum atomic E-state index is 9.59. The van der Waals surface area contributed by atoms with Crippen LogP contribution >= 0.6 is 7.82 Å². The van der Waals surface area contributed by atoms with E-state index in [9.17, 15) is 14.4 Å². The van der Waals surface area contributed by atoms with Gasteiger partial charge in [0.25, 0.3) is 0 Å². The summed E-state index contributed by atoms with van der Waals surface area (Å²) in [6, 6.07) is 0. The van der Waals surface area contributed by atoms with Gasteiger partial charge in [-0.1, -0.05) is 6.08 Å². The van der Waals surface area contributed by atoms with Gasteiger partial charge in [0, 0.05) is 0 Å². The summed E-state index contributed by atoms with van der Waals surface area (Å²) >= 11 is 0. The van der Waals surface area contributed by atoms with Gasteiger partial charge in [0.15, 0.2) is 0 Å². The van der Waals surface area contributed by atoms with E-state index in [0.717, 1.165) is 6.26 Å². The van der Waals surface area contributed by atoms with E-state index in [-0.39, 0.29) is 59.1 Å². The van der Waals surface area contributed by atoms with Crippen LogP contribution < -0.4 is 68.9 Å². The average molecular weight is 182 g/mol. The number of rotatable bonds is 2. The van der Waals surface area contributed by atoms with Gasteiger partial charge < -0.3 is 18.9 Å². The zero-order chi connectivity index (χ0) is 6.62. The molecule has 0 aromatic heterocycles. The van der Waals surface area contributed by atoms with Gasteiger partial charge in [-0.15, -0.1) is 0 Å². The van der Waals surface area contributed by atoms with Crippen molar-refractivity contribution in [2.24, 2.45) is 0 Å². The molecule has 0 unspecified atom stereocenters. The van der Waals surface area contributed by atoms with E-state index in [1.54, 1.807) is 0 Å². The minimum atomic E-state index is -4.77. The van der Waals surface area contributed by atoms with Crippen molar-refractivity contribution in [3.05, 3.63) is 12.3 Å². The smallest absolute Gasteiger partial charge is 0.780 e. The zero-order valence-electron chi connectivity index (χ0n) is 6.23. The first-order chi connectivity index (χ1) is 3.56. The van der Waals surface area contributed by atoms with Crippen molar-refractivity contribution in [1.82, 2.24) is 0 Å². The van der Waals surface area contributed by atoms with Gasteiger partial charge >= 0.3 is 59.1 Å². The first-order valence-corrected chi connectivity index (χ1v) is 3.34. The summed E-state index contributed by atoms with van der Waals surface area (Å²) in [7, 11) is -4.77. The van der Waals surface area contributed by atoms with E-state index in [2.05, 4.69) is 4.52 Å². The second-order valence-corrected chi connectivity index (χ2v) is 2.13. The van der Waals surface area contributed by atoms with Gasteiger partial charge in [-0.3, -0.25) is 0 Å². The summed E-state index contributed by atoms with van der Waals surface area (Å²) < 4.78 is 13.2. The van der Waals surface area contributed by atoms with Crippen LogP contribution in [0.15, 0.2) is 12.3 Å². The summed E-state index contributed by atoms with van der Waals surface area (Å²) in [6.07, 6.45) is 2.13. The Morgan fingerprint density at radius 1 is 1.40 bits per heavy atom. The standard InChI is InChI=1S/C3H7O4P.2Na/c1-2-3-7-8(4,5)6;;/h2-3H,1H3,(H2,4,5,6);;/q;2*+1/p-2/b3-2+;;. The molecule has 0 N–H and O–H groups in total. The van der Waals surface area contributed by atoms with Gasteiger partial charge in [-0.05, 0) is 6.92 Å². The van der Waals surface area contributed by atoms with Gasteiger partial charge in [0.2, 0.25) is 0 Å². The van der Waals surface area contributed by atoms with Crippen molar-refractivity contribution in [2.45, 2.75) is 6.92 Å². The minimum Gasteiger partial charge on any atom is -0.780 e. The Kier molecular flexibility index (Phi) is 15.5. The summed E-state index contributed by atoms with van der Waals surface area (Å²) in [5, 5.41) is 0. The maximum Gasteiger partial charge on any atom is 1.00 e. The molecule has 10 heavy (non-hydrogen) atoms. The Morgan fingerprint density at radius 2 is 1.80 bits per heavy atom. The molecule has 0 heterocycles. The minimum absolute atomic E-state index is 0. The van der Waals surface area contributed by atoms with Crippen LogP contribution in [0.3, 0.4) is 0 Å². The molecular formula is C3H5Na2O4P. The molecule has 48 valence electrons. The van der Waals surface area contributed by atoms with Crippen LogP contribution in [-0.2, 0) is 9.09 Å². The maximum absolute atomic E-state index is 9.59. The van der Waals surface area contributed by atoms with Crippen LogP contribution in [0, 0.1) is 0 Å². The fourth-order valence-corrected chi connectivity index (χ4v) is 0.406. The van der Waals surface area contributed by atoms with E-state index >= 15 is 0 Å². The number of phosphoric ester groups is 1. The van der Waals surface area contributed by atoms with Gasteiger partial charge in [0.05, 0.1) is 6.26 Å². The fraction of sp³-hybridized carbons (Fsp3) is 0.333. The third kappa shape index (κ3) is 16.3. The molecule has 0 saturated carbocycles. The van der Waals surface area contributed by atoms with E-state index in [1.165, 1.54) is 13.0 Å². The Morgan fingerprint density at radius 3 is 1.90 bits per heavy atom. The molecule has 0 aliphatic heterocycles. The molecule has 4 nitrogen and oxygen atoms in total. The summed E-state index contributed by atoms with van der Waals surface area (Å²) in [5.74, 6) is 0. The molecule has 0 amide bonds. The van der Waals surface area contributed by atoms with Crippen LogP contribution in [0.1, 0.15) is 6.92 Å². The number of allylic oxidation sites excluding steroid dienone is 1. The Labute approximate surface area is 104 Å². The van der Waals surface area contributed by atoms with Crippen molar-refractivity contribution in [3.8, 4) is 0 Å². The third-order valence-corrected chi connectivity index (χ3v) is 0.706. The van der Waals surface area contributed by atoms with Crippen molar-refractivity contribution in [2.75, 3.05) is 0 Å². The molecule has 0 aliphatic carbocycles.